The monoisotopic (exact) mass is 449 g/mol. The van der Waals surface area contributed by atoms with E-state index in [0.717, 1.165) is 23.1 Å². The number of amides is 1. The van der Waals surface area contributed by atoms with Crippen LogP contribution in [0.3, 0.4) is 0 Å². The maximum absolute atomic E-state index is 13.1. The number of allylic oxidation sites excluding steroid dienone is 5. The molecule has 156 valence electrons. The first-order valence-electron chi connectivity index (χ1n) is 9.77. The van der Waals surface area contributed by atoms with Crippen LogP contribution in [-0.4, -0.2) is 16.1 Å². The molecule has 0 aliphatic heterocycles. The number of aromatic nitrogens is 2. The van der Waals surface area contributed by atoms with Crippen LogP contribution in [0.25, 0.3) is 5.57 Å². The van der Waals surface area contributed by atoms with Crippen molar-refractivity contribution in [3.8, 4) is 5.75 Å². The first kappa shape index (κ1) is 21.0. The topological polar surface area (TPSA) is 64.1 Å². The largest absolute Gasteiger partial charge is 0.486 e. The number of hydrogen-bond donors (Lipinski definition) is 1. The summed E-state index contributed by atoms with van der Waals surface area (Å²) in [5, 5.41) is 12.8. The zero-order valence-corrected chi connectivity index (χ0v) is 18.4. The van der Waals surface area contributed by atoms with Gasteiger partial charge in [-0.25, -0.2) is 0 Å². The fourth-order valence-electron chi connectivity index (χ4n) is 3.19. The highest BCUT2D eigenvalue weighted by Crippen LogP contribution is 2.28. The van der Waals surface area contributed by atoms with Crippen molar-refractivity contribution < 1.29 is 9.53 Å². The number of nitrogens with zero attached hydrogens (tertiary/aromatic N) is 2. The first-order valence-corrected chi connectivity index (χ1v) is 11.0. The van der Waals surface area contributed by atoms with Crippen LogP contribution in [0.1, 0.15) is 23.1 Å². The molecule has 0 fully saturated rings. The van der Waals surface area contributed by atoms with Crippen LogP contribution < -0.4 is 10.1 Å². The molecule has 1 aliphatic carbocycles. The highest BCUT2D eigenvalue weighted by atomic mass is 35.5. The molecule has 7 heteroatoms. The smallest absolute Gasteiger partial charge is 0.258 e. The van der Waals surface area contributed by atoms with Gasteiger partial charge in [-0.1, -0.05) is 65.4 Å². The van der Waals surface area contributed by atoms with E-state index >= 15 is 0 Å². The minimum absolute atomic E-state index is 0.217. The third kappa shape index (κ3) is 5.29. The quantitative estimate of drug-likeness (QED) is 0.512. The highest BCUT2D eigenvalue weighted by molar-refractivity contribution is 7.15. The molecule has 3 aromatic rings. The van der Waals surface area contributed by atoms with E-state index in [9.17, 15) is 4.79 Å². The standard InChI is InChI=1S/C24H20ClN3O2S/c1-2-5-16-8-9-17-6-3-4-7-20(17)21(14-16)23(29)26-24-28-27-22(31-24)15-30-19-12-10-18(25)11-13-19/h2-8,10-14H,9,15H2,1H3,(H,26,28,29)/b5-2+. The molecule has 5 nitrogen and oxygen atoms in total. The maximum Gasteiger partial charge on any atom is 0.258 e. The first-order chi connectivity index (χ1) is 15.1. The number of anilines is 1. The Morgan fingerprint density at radius 1 is 1.19 bits per heavy atom. The molecule has 1 amide bonds. The van der Waals surface area contributed by atoms with Crippen molar-refractivity contribution in [1.82, 2.24) is 10.2 Å². The number of carbonyl (C=O) groups is 1. The molecule has 0 atom stereocenters. The average molecular weight is 450 g/mol. The summed E-state index contributed by atoms with van der Waals surface area (Å²) in [6.07, 6.45) is 8.76. The maximum atomic E-state index is 13.1. The van der Waals surface area contributed by atoms with Gasteiger partial charge in [0.15, 0.2) is 5.01 Å². The number of benzene rings is 2. The van der Waals surface area contributed by atoms with Gasteiger partial charge in [0.25, 0.3) is 5.91 Å². The molecule has 0 saturated carbocycles. The van der Waals surface area contributed by atoms with Crippen LogP contribution >= 0.6 is 22.9 Å². The molecule has 0 radical (unpaired) electrons. The zero-order valence-electron chi connectivity index (χ0n) is 16.8. The van der Waals surface area contributed by atoms with Crippen molar-refractivity contribution in [2.75, 3.05) is 5.32 Å². The SMILES string of the molecule is C/C=C/C1=CCc2ccccc2C(C(=O)Nc2nnc(COc3ccc(Cl)cc3)s2)=C1. The predicted molar refractivity (Wildman–Crippen MR) is 125 cm³/mol. The lowest BCUT2D eigenvalue weighted by Crippen LogP contribution is -2.14. The van der Waals surface area contributed by atoms with Gasteiger partial charge in [0, 0.05) is 10.6 Å². The van der Waals surface area contributed by atoms with Crippen LogP contribution in [0.15, 0.2) is 78.4 Å². The number of halogens is 1. The molecule has 31 heavy (non-hydrogen) atoms. The predicted octanol–water partition coefficient (Wildman–Crippen LogP) is 5.85. The Balaban J connectivity index is 1.48. The molecule has 1 aromatic heterocycles. The zero-order chi connectivity index (χ0) is 21.6. The van der Waals surface area contributed by atoms with Crippen molar-refractivity contribution >= 4 is 39.5 Å². The lowest BCUT2D eigenvalue weighted by Gasteiger charge is -2.10. The third-order valence-corrected chi connectivity index (χ3v) is 5.71. The highest BCUT2D eigenvalue weighted by Gasteiger charge is 2.19. The van der Waals surface area contributed by atoms with E-state index in [4.69, 9.17) is 16.3 Å². The van der Waals surface area contributed by atoms with Crippen molar-refractivity contribution in [3.05, 3.63) is 99.6 Å². The molecule has 2 aromatic carbocycles. The molecule has 1 aliphatic rings. The van der Waals surface area contributed by atoms with Crippen molar-refractivity contribution in [3.63, 3.8) is 0 Å². The molecule has 1 N–H and O–H groups in total. The average Bonchev–Trinajstić information content (AvgIpc) is 3.14. The van der Waals surface area contributed by atoms with E-state index in [2.05, 4.69) is 21.6 Å². The van der Waals surface area contributed by atoms with Gasteiger partial charge in [0.1, 0.15) is 12.4 Å². The molecule has 1 heterocycles. The lowest BCUT2D eigenvalue weighted by molar-refractivity contribution is -0.111. The van der Waals surface area contributed by atoms with Crippen LogP contribution in [0, 0.1) is 0 Å². The summed E-state index contributed by atoms with van der Waals surface area (Å²) in [4.78, 5) is 13.1. The van der Waals surface area contributed by atoms with Gasteiger partial charge >= 0.3 is 0 Å². The molecule has 0 spiro atoms. The Kier molecular flexibility index (Phi) is 6.60. The van der Waals surface area contributed by atoms with Gasteiger partial charge < -0.3 is 4.74 Å². The van der Waals surface area contributed by atoms with Gasteiger partial charge in [-0.3, -0.25) is 10.1 Å². The van der Waals surface area contributed by atoms with Gasteiger partial charge in [-0.15, -0.1) is 10.2 Å². The van der Waals surface area contributed by atoms with Crippen molar-refractivity contribution in [2.45, 2.75) is 20.0 Å². The summed E-state index contributed by atoms with van der Waals surface area (Å²) in [5.41, 5.74) is 3.63. The van der Waals surface area contributed by atoms with Gasteiger partial charge in [-0.2, -0.15) is 0 Å². The lowest BCUT2D eigenvalue weighted by atomic mass is 9.98. The van der Waals surface area contributed by atoms with Crippen molar-refractivity contribution in [1.29, 1.82) is 0 Å². The van der Waals surface area contributed by atoms with E-state index in [1.807, 2.05) is 49.4 Å². The Morgan fingerprint density at radius 2 is 2.00 bits per heavy atom. The molecule has 0 saturated heterocycles. The fourth-order valence-corrected chi connectivity index (χ4v) is 3.97. The van der Waals surface area contributed by atoms with Crippen LogP contribution in [0.5, 0.6) is 5.75 Å². The second kappa shape index (κ2) is 9.73. The Morgan fingerprint density at radius 3 is 2.81 bits per heavy atom. The van der Waals surface area contributed by atoms with Gasteiger partial charge in [0.05, 0.1) is 0 Å². The number of rotatable bonds is 6. The Labute approximate surface area is 189 Å². The van der Waals surface area contributed by atoms with E-state index in [1.54, 1.807) is 24.3 Å². The molecule has 0 unspecified atom stereocenters. The molecule has 0 bridgehead atoms. The number of nitrogens with one attached hydrogen (secondary N) is 1. The minimum atomic E-state index is -0.217. The van der Waals surface area contributed by atoms with Crippen LogP contribution in [0.4, 0.5) is 5.13 Å². The second-order valence-electron chi connectivity index (χ2n) is 6.82. The van der Waals surface area contributed by atoms with Gasteiger partial charge in [0.2, 0.25) is 5.13 Å². The normalized spacial score (nSPS) is 13.2. The van der Waals surface area contributed by atoms with E-state index in [1.165, 1.54) is 11.3 Å². The van der Waals surface area contributed by atoms with Gasteiger partial charge in [-0.05, 0) is 60.4 Å². The summed E-state index contributed by atoms with van der Waals surface area (Å²) in [6.45, 7) is 2.22. The summed E-state index contributed by atoms with van der Waals surface area (Å²) in [7, 11) is 0. The number of fused-ring (bicyclic) bond motifs is 1. The fraction of sp³-hybridized carbons (Fsp3) is 0.125. The van der Waals surface area contributed by atoms with E-state index in [0.29, 0.717) is 26.5 Å². The van der Waals surface area contributed by atoms with Crippen LogP contribution in [-0.2, 0) is 17.8 Å². The second-order valence-corrected chi connectivity index (χ2v) is 8.32. The summed E-state index contributed by atoms with van der Waals surface area (Å²) >= 11 is 7.17. The van der Waals surface area contributed by atoms with Crippen molar-refractivity contribution in [2.24, 2.45) is 0 Å². The molecule has 4 rings (SSSR count). The Bertz CT molecular complexity index is 1180. The minimum Gasteiger partial charge on any atom is -0.486 e. The molecular formula is C24H20ClN3O2S. The molecular weight excluding hydrogens is 430 g/mol. The summed E-state index contributed by atoms with van der Waals surface area (Å²) in [5.74, 6) is 0.472. The Hall–Kier alpha value is -3.22. The number of carbonyl (C=O) groups excluding carboxylic acids is 1. The summed E-state index contributed by atoms with van der Waals surface area (Å²) in [6, 6.07) is 15.0. The summed E-state index contributed by atoms with van der Waals surface area (Å²) < 4.78 is 5.70. The van der Waals surface area contributed by atoms with Crippen LogP contribution in [0.2, 0.25) is 5.02 Å². The third-order valence-electron chi connectivity index (χ3n) is 4.64. The van der Waals surface area contributed by atoms with E-state index in [-0.39, 0.29) is 12.5 Å². The number of ether oxygens (including phenoxy) is 1. The van der Waals surface area contributed by atoms with E-state index < -0.39 is 0 Å². The number of hydrogen-bond acceptors (Lipinski definition) is 5.